The fourth-order valence-electron chi connectivity index (χ4n) is 2.80. The zero-order valence-electron chi connectivity index (χ0n) is 19.4. The highest BCUT2D eigenvalue weighted by Gasteiger charge is 2.22. The first-order chi connectivity index (χ1) is 15.4. The van der Waals surface area contributed by atoms with Gasteiger partial charge in [-0.2, -0.15) is 0 Å². The zero-order valence-corrected chi connectivity index (χ0v) is 19.4. The smallest absolute Gasteiger partial charge is 0.347 e. The first-order valence-electron chi connectivity index (χ1n) is 10.8. The fourth-order valence-corrected chi connectivity index (χ4v) is 2.80. The lowest BCUT2D eigenvalue weighted by Crippen LogP contribution is -2.28. The molecule has 0 radical (unpaired) electrons. The van der Waals surface area contributed by atoms with Crippen LogP contribution in [0.5, 0.6) is 11.5 Å². The molecular weight excluding hydrogens is 416 g/mol. The summed E-state index contributed by atoms with van der Waals surface area (Å²) in [4.78, 5) is 34.8. The van der Waals surface area contributed by atoms with Crippen LogP contribution >= 0.6 is 0 Å². The molecule has 0 fully saturated rings. The summed E-state index contributed by atoms with van der Waals surface area (Å²) in [6, 6.07) is 5.21. The number of unbranched alkanes of at least 4 members (excludes halogenated alkanes) is 3. The number of rotatable bonds is 15. The third-order valence-corrected chi connectivity index (χ3v) is 4.64. The molecule has 0 aliphatic heterocycles. The molecule has 8 heteroatoms. The number of hydrogen-bond donors (Lipinski definition) is 0. The lowest BCUT2D eigenvalue weighted by atomic mass is 10.1. The van der Waals surface area contributed by atoms with Gasteiger partial charge in [-0.05, 0) is 55.9 Å². The maximum Gasteiger partial charge on any atom is 0.347 e. The Hall–Kier alpha value is -3.03. The molecular formula is C24H34O8. The van der Waals surface area contributed by atoms with Crippen molar-refractivity contribution in [3.8, 4) is 11.5 Å². The van der Waals surface area contributed by atoms with E-state index in [1.54, 1.807) is 24.3 Å². The van der Waals surface area contributed by atoms with Gasteiger partial charge >= 0.3 is 17.9 Å². The highest BCUT2D eigenvalue weighted by atomic mass is 16.6. The van der Waals surface area contributed by atoms with Gasteiger partial charge in [-0.1, -0.05) is 19.4 Å². The van der Waals surface area contributed by atoms with Crippen molar-refractivity contribution in [2.24, 2.45) is 0 Å². The summed E-state index contributed by atoms with van der Waals surface area (Å²) >= 11 is 0. The molecule has 1 unspecified atom stereocenters. The minimum absolute atomic E-state index is 0.224. The van der Waals surface area contributed by atoms with Crippen molar-refractivity contribution < 1.29 is 38.1 Å². The van der Waals surface area contributed by atoms with Crippen LogP contribution in [0.2, 0.25) is 0 Å². The van der Waals surface area contributed by atoms with Crippen molar-refractivity contribution in [3.05, 3.63) is 29.8 Å². The Labute approximate surface area is 189 Å². The number of benzene rings is 1. The van der Waals surface area contributed by atoms with Gasteiger partial charge in [-0.3, -0.25) is 4.79 Å². The predicted molar refractivity (Wildman–Crippen MR) is 119 cm³/mol. The van der Waals surface area contributed by atoms with Crippen molar-refractivity contribution in [2.45, 2.75) is 58.0 Å². The Bertz CT molecular complexity index is 756. The van der Waals surface area contributed by atoms with E-state index < -0.39 is 18.0 Å². The van der Waals surface area contributed by atoms with Crippen LogP contribution in [0.3, 0.4) is 0 Å². The van der Waals surface area contributed by atoms with E-state index in [2.05, 4.69) is 9.47 Å². The Morgan fingerprint density at radius 3 is 2.38 bits per heavy atom. The van der Waals surface area contributed by atoms with Crippen LogP contribution in [0.4, 0.5) is 0 Å². The first kappa shape index (κ1) is 27.0. The maximum absolute atomic E-state index is 12.2. The SMILES string of the molecule is CCCCC(Oc1cc(C=CC(=O)OC)ccc1OCCCCCC(=O)OC)C(=O)OC. The molecule has 1 rings (SSSR count). The Kier molecular flexibility index (Phi) is 13.3. The van der Waals surface area contributed by atoms with E-state index in [0.717, 1.165) is 32.1 Å². The highest BCUT2D eigenvalue weighted by Crippen LogP contribution is 2.31. The second-order valence-electron chi connectivity index (χ2n) is 7.07. The van der Waals surface area contributed by atoms with Gasteiger partial charge in [0.05, 0.1) is 27.9 Å². The second-order valence-corrected chi connectivity index (χ2v) is 7.07. The summed E-state index contributed by atoms with van der Waals surface area (Å²) in [6.07, 6.45) is 7.02. The average Bonchev–Trinajstić information content (AvgIpc) is 2.82. The number of ether oxygens (including phenoxy) is 5. The molecule has 0 aliphatic carbocycles. The monoisotopic (exact) mass is 450 g/mol. The van der Waals surface area contributed by atoms with E-state index in [9.17, 15) is 14.4 Å². The normalized spacial score (nSPS) is 11.6. The molecule has 1 aromatic rings. The summed E-state index contributed by atoms with van der Waals surface area (Å²) in [7, 11) is 4.00. The van der Waals surface area contributed by atoms with E-state index in [4.69, 9.17) is 14.2 Å². The van der Waals surface area contributed by atoms with Gasteiger partial charge in [-0.15, -0.1) is 0 Å². The molecule has 0 heterocycles. The lowest BCUT2D eigenvalue weighted by Gasteiger charge is -2.19. The van der Waals surface area contributed by atoms with Crippen LogP contribution in [0.25, 0.3) is 6.08 Å². The van der Waals surface area contributed by atoms with Crippen molar-refractivity contribution in [2.75, 3.05) is 27.9 Å². The molecule has 1 aromatic carbocycles. The highest BCUT2D eigenvalue weighted by molar-refractivity contribution is 5.87. The van der Waals surface area contributed by atoms with Crippen molar-refractivity contribution in [1.29, 1.82) is 0 Å². The number of methoxy groups -OCH3 is 3. The summed E-state index contributed by atoms with van der Waals surface area (Å²) in [5.74, 6) is -0.285. The van der Waals surface area contributed by atoms with Crippen LogP contribution < -0.4 is 9.47 Å². The van der Waals surface area contributed by atoms with Crippen LogP contribution in [0.15, 0.2) is 24.3 Å². The summed E-state index contributed by atoms with van der Waals surface area (Å²) < 4.78 is 26.0. The molecule has 0 spiro atoms. The minimum Gasteiger partial charge on any atom is -0.490 e. The van der Waals surface area contributed by atoms with Gasteiger partial charge in [0.2, 0.25) is 0 Å². The fraction of sp³-hybridized carbons (Fsp3) is 0.542. The Morgan fingerprint density at radius 2 is 1.72 bits per heavy atom. The standard InChI is InChI=1S/C24H34O8/c1-5-6-10-20(24(27)30-4)32-21-17-18(13-15-23(26)29-3)12-14-19(21)31-16-9-7-8-11-22(25)28-2/h12-15,17,20H,5-11,16H2,1-4H3. The summed E-state index contributed by atoms with van der Waals surface area (Å²) in [6.45, 7) is 2.45. The summed E-state index contributed by atoms with van der Waals surface area (Å²) in [5, 5.41) is 0. The molecule has 0 saturated heterocycles. The second kappa shape index (κ2) is 15.7. The van der Waals surface area contributed by atoms with Gasteiger partial charge in [0.1, 0.15) is 0 Å². The Balaban J connectivity index is 2.91. The van der Waals surface area contributed by atoms with Gasteiger partial charge in [-0.25, -0.2) is 9.59 Å². The molecule has 0 N–H and O–H groups in total. The zero-order chi connectivity index (χ0) is 23.8. The van der Waals surface area contributed by atoms with Crippen LogP contribution in [0, 0.1) is 0 Å². The van der Waals surface area contributed by atoms with Gasteiger partial charge < -0.3 is 23.7 Å². The van der Waals surface area contributed by atoms with Crippen molar-refractivity contribution in [1.82, 2.24) is 0 Å². The van der Waals surface area contributed by atoms with E-state index in [0.29, 0.717) is 36.5 Å². The largest absolute Gasteiger partial charge is 0.490 e. The third-order valence-electron chi connectivity index (χ3n) is 4.64. The molecule has 1 atom stereocenters. The van der Waals surface area contributed by atoms with Crippen LogP contribution in [0.1, 0.15) is 57.4 Å². The minimum atomic E-state index is -0.762. The molecule has 0 aromatic heterocycles. The molecule has 178 valence electrons. The predicted octanol–water partition coefficient (Wildman–Crippen LogP) is 4.10. The first-order valence-corrected chi connectivity index (χ1v) is 10.8. The quantitative estimate of drug-likeness (QED) is 0.171. The lowest BCUT2D eigenvalue weighted by molar-refractivity contribution is -0.149. The van der Waals surface area contributed by atoms with Gasteiger partial charge in [0.25, 0.3) is 0 Å². The topological polar surface area (TPSA) is 97.4 Å². The maximum atomic E-state index is 12.2. The van der Waals surface area contributed by atoms with E-state index in [1.165, 1.54) is 27.4 Å². The molecule has 0 saturated carbocycles. The van der Waals surface area contributed by atoms with E-state index in [-0.39, 0.29) is 5.97 Å². The van der Waals surface area contributed by atoms with Crippen LogP contribution in [-0.2, 0) is 28.6 Å². The van der Waals surface area contributed by atoms with Gasteiger partial charge in [0.15, 0.2) is 17.6 Å². The molecule has 0 amide bonds. The average molecular weight is 451 g/mol. The molecule has 0 bridgehead atoms. The van der Waals surface area contributed by atoms with Gasteiger partial charge in [0, 0.05) is 12.5 Å². The van der Waals surface area contributed by atoms with Crippen molar-refractivity contribution >= 4 is 24.0 Å². The molecule has 32 heavy (non-hydrogen) atoms. The van der Waals surface area contributed by atoms with E-state index in [1.807, 2.05) is 6.92 Å². The number of esters is 3. The number of hydrogen-bond acceptors (Lipinski definition) is 8. The van der Waals surface area contributed by atoms with E-state index >= 15 is 0 Å². The molecule has 0 aliphatic rings. The third kappa shape index (κ3) is 10.3. The number of carbonyl (C=O) groups excluding carboxylic acids is 3. The van der Waals surface area contributed by atoms with Crippen LogP contribution in [-0.4, -0.2) is 51.9 Å². The Morgan fingerprint density at radius 1 is 0.938 bits per heavy atom. The molecule has 8 nitrogen and oxygen atoms in total. The summed E-state index contributed by atoms with van der Waals surface area (Å²) in [5.41, 5.74) is 0.690. The number of carbonyl (C=O) groups is 3. The van der Waals surface area contributed by atoms with Crippen molar-refractivity contribution in [3.63, 3.8) is 0 Å².